The van der Waals surface area contributed by atoms with Crippen LogP contribution >= 0.6 is 11.3 Å². The number of thiazole rings is 1. The largest absolute Gasteiger partial charge is 0.350 e. The van der Waals surface area contributed by atoms with Crippen LogP contribution in [0.2, 0.25) is 0 Å². The van der Waals surface area contributed by atoms with E-state index in [1.54, 1.807) is 19.1 Å². The summed E-state index contributed by atoms with van der Waals surface area (Å²) < 4.78 is 1.01. The van der Waals surface area contributed by atoms with Crippen molar-refractivity contribution in [2.75, 3.05) is 11.9 Å². The standard InChI is InChI=1S/C21H23N5O3S/c1-12-8-9-15(10-13(12)2)20(29)22-11-18(27)25-26-19(28)14(3)23-21-24-16-6-4-5-7-17(16)30-21/h4-10,14H,11H2,1-3H3,(H,22,29)(H,23,24)(H,25,27)(H,26,28)/t14-/m0/s1. The van der Waals surface area contributed by atoms with Crippen LogP contribution in [-0.2, 0) is 9.59 Å². The van der Waals surface area contributed by atoms with E-state index in [9.17, 15) is 14.4 Å². The summed E-state index contributed by atoms with van der Waals surface area (Å²) in [5.41, 5.74) is 8.04. The van der Waals surface area contributed by atoms with Crippen molar-refractivity contribution in [2.45, 2.75) is 26.8 Å². The van der Waals surface area contributed by atoms with Crippen molar-refractivity contribution in [1.82, 2.24) is 21.2 Å². The molecule has 0 unspecified atom stereocenters. The van der Waals surface area contributed by atoms with Gasteiger partial charge in [-0.15, -0.1) is 0 Å². The molecule has 0 aliphatic heterocycles. The lowest BCUT2D eigenvalue weighted by Crippen LogP contribution is -2.50. The Bertz CT molecular complexity index is 1060. The number of nitrogens with zero attached hydrogens (tertiary/aromatic N) is 1. The number of hydrogen-bond acceptors (Lipinski definition) is 6. The van der Waals surface area contributed by atoms with Gasteiger partial charge < -0.3 is 10.6 Å². The minimum atomic E-state index is -0.615. The van der Waals surface area contributed by atoms with Crippen molar-refractivity contribution in [1.29, 1.82) is 0 Å². The zero-order chi connectivity index (χ0) is 21.7. The van der Waals surface area contributed by atoms with Crippen LogP contribution < -0.4 is 21.5 Å². The molecule has 0 fully saturated rings. The fourth-order valence-corrected chi connectivity index (χ4v) is 3.57. The first kappa shape index (κ1) is 21.3. The van der Waals surface area contributed by atoms with Gasteiger partial charge in [0.1, 0.15) is 6.04 Å². The number of rotatable bonds is 6. The second-order valence-corrected chi connectivity index (χ2v) is 7.90. The first-order valence-electron chi connectivity index (χ1n) is 9.40. The summed E-state index contributed by atoms with van der Waals surface area (Å²) in [5.74, 6) is -1.32. The lowest BCUT2D eigenvalue weighted by Gasteiger charge is -2.14. The van der Waals surface area contributed by atoms with Gasteiger partial charge in [-0.3, -0.25) is 25.2 Å². The van der Waals surface area contributed by atoms with Gasteiger partial charge >= 0.3 is 0 Å². The van der Waals surface area contributed by atoms with E-state index in [0.29, 0.717) is 10.7 Å². The second kappa shape index (κ2) is 9.36. The summed E-state index contributed by atoms with van der Waals surface area (Å²) in [4.78, 5) is 40.7. The van der Waals surface area contributed by atoms with Crippen molar-refractivity contribution in [3.63, 3.8) is 0 Å². The SMILES string of the molecule is Cc1ccc(C(=O)NCC(=O)NNC(=O)[C@H](C)Nc2nc3ccccc3s2)cc1C. The van der Waals surface area contributed by atoms with Gasteiger partial charge in [-0.1, -0.05) is 29.5 Å². The predicted molar refractivity (Wildman–Crippen MR) is 117 cm³/mol. The molecule has 3 aromatic rings. The highest BCUT2D eigenvalue weighted by Crippen LogP contribution is 2.25. The summed E-state index contributed by atoms with van der Waals surface area (Å²) in [7, 11) is 0. The highest BCUT2D eigenvalue weighted by Gasteiger charge is 2.16. The van der Waals surface area contributed by atoms with Crippen molar-refractivity contribution >= 4 is 44.4 Å². The quantitative estimate of drug-likeness (QED) is 0.453. The maximum absolute atomic E-state index is 12.2. The minimum Gasteiger partial charge on any atom is -0.350 e. The number of aromatic nitrogens is 1. The van der Waals surface area contributed by atoms with E-state index < -0.39 is 17.9 Å². The molecule has 0 aliphatic carbocycles. The Kier molecular flexibility index (Phi) is 6.63. The Morgan fingerprint density at radius 2 is 1.80 bits per heavy atom. The van der Waals surface area contributed by atoms with E-state index in [4.69, 9.17) is 0 Å². The number of aryl methyl sites for hydroxylation is 2. The van der Waals surface area contributed by atoms with E-state index in [-0.39, 0.29) is 12.5 Å². The molecular weight excluding hydrogens is 402 g/mol. The van der Waals surface area contributed by atoms with Gasteiger partial charge in [-0.05, 0) is 56.2 Å². The van der Waals surface area contributed by atoms with Gasteiger partial charge in [0.2, 0.25) is 0 Å². The second-order valence-electron chi connectivity index (χ2n) is 6.87. The fourth-order valence-electron chi connectivity index (χ4n) is 2.61. The van der Waals surface area contributed by atoms with E-state index in [1.807, 2.05) is 44.2 Å². The number of fused-ring (bicyclic) bond motifs is 1. The molecule has 0 radical (unpaired) electrons. The predicted octanol–water partition coefficient (Wildman–Crippen LogP) is 2.29. The first-order chi connectivity index (χ1) is 14.3. The van der Waals surface area contributed by atoms with Gasteiger partial charge in [-0.25, -0.2) is 4.98 Å². The molecule has 8 nitrogen and oxygen atoms in total. The number of amides is 3. The molecule has 2 aromatic carbocycles. The molecule has 156 valence electrons. The summed E-state index contributed by atoms with van der Waals surface area (Å²) in [5, 5.41) is 6.15. The number of anilines is 1. The Balaban J connectivity index is 1.43. The van der Waals surface area contributed by atoms with Gasteiger partial charge in [0.25, 0.3) is 17.7 Å². The molecule has 0 spiro atoms. The molecule has 3 amide bonds. The monoisotopic (exact) mass is 425 g/mol. The highest BCUT2D eigenvalue weighted by atomic mass is 32.1. The average Bonchev–Trinajstić information content (AvgIpc) is 3.14. The molecule has 0 saturated heterocycles. The smallest absolute Gasteiger partial charge is 0.260 e. The van der Waals surface area contributed by atoms with Gasteiger partial charge in [-0.2, -0.15) is 0 Å². The van der Waals surface area contributed by atoms with Crippen LogP contribution in [0.25, 0.3) is 10.2 Å². The Hall–Kier alpha value is -3.46. The topological polar surface area (TPSA) is 112 Å². The van der Waals surface area contributed by atoms with Crippen LogP contribution in [0.5, 0.6) is 0 Å². The maximum atomic E-state index is 12.2. The maximum Gasteiger partial charge on any atom is 0.260 e. The molecule has 0 bridgehead atoms. The molecule has 4 N–H and O–H groups in total. The molecule has 3 rings (SSSR count). The number of hydrazine groups is 1. The number of carbonyl (C=O) groups excluding carboxylic acids is 3. The number of carbonyl (C=O) groups is 3. The average molecular weight is 426 g/mol. The zero-order valence-corrected chi connectivity index (χ0v) is 17.7. The summed E-state index contributed by atoms with van der Waals surface area (Å²) in [6, 6.07) is 12.4. The van der Waals surface area contributed by atoms with Crippen LogP contribution in [0, 0.1) is 13.8 Å². The van der Waals surface area contributed by atoms with Crippen molar-refractivity contribution < 1.29 is 14.4 Å². The normalized spacial score (nSPS) is 11.6. The third-order valence-electron chi connectivity index (χ3n) is 4.53. The lowest BCUT2D eigenvalue weighted by molar-refractivity contribution is -0.128. The third-order valence-corrected chi connectivity index (χ3v) is 5.50. The van der Waals surface area contributed by atoms with Gasteiger partial charge in [0, 0.05) is 5.56 Å². The Morgan fingerprint density at radius 1 is 1.03 bits per heavy atom. The number of nitrogens with one attached hydrogen (secondary N) is 4. The molecule has 9 heteroatoms. The van der Waals surface area contributed by atoms with Crippen molar-refractivity contribution in [3.8, 4) is 0 Å². The van der Waals surface area contributed by atoms with E-state index in [0.717, 1.165) is 21.3 Å². The summed E-state index contributed by atoms with van der Waals surface area (Å²) >= 11 is 1.44. The van der Waals surface area contributed by atoms with E-state index in [1.165, 1.54) is 11.3 Å². The minimum absolute atomic E-state index is 0.258. The molecular formula is C21H23N5O3S. The highest BCUT2D eigenvalue weighted by molar-refractivity contribution is 7.22. The third kappa shape index (κ3) is 5.32. The molecule has 30 heavy (non-hydrogen) atoms. The number of hydrogen-bond donors (Lipinski definition) is 4. The molecule has 1 atom stereocenters. The van der Waals surface area contributed by atoms with E-state index >= 15 is 0 Å². The first-order valence-corrected chi connectivity index (χ1v) is 10.2. The summed E-state index contributed by atoms with van der Waals surface area (Å²) in [6.45, 7) is 5.28. The number of benzene rings is 2. The van der Waals surface area contributed by atoms with Crippen LogP contribution in [-0.4, -0.2) is 35.3 Å². The molecule has 0 aliphatic rings. The van der Waals surface area contributed by atoms with Crippen LogP contribution in [0.1, 0.15) is 28.4 Å². The Morgan fingerprint density at radius 3 is 2.53 bits per heavy atom. The van der Waals surface area contributed by atoms with Gasteiger partial charge in [0.05, 0.1) is 16.8 Å². The van der Waals surface area contributed by atoms with Crippen molar-refractivity contribution in [3.05, 3.63) is 59.2 Å². The van der Waals surface area contributed by atoms with Crippen LogP contribution in [0.15, 0.2) is 42.5 Å². The van der Waals surface area contributed by atoms with Gasteiger partial charge in [0.15, 0.2) is 5.13 Å². The van der Waals surface area contributed by atoms with Crippen LogP contribution in [0.3, 0.4) is 0 Å². The van der Waals surface area contributed by atoms with Crippen LogP contribution in [0.4, 0.5) is 5.13 Å². The molecule has 1 heterocycles. The number of para-hydroxylation sites is 1. The zero-order valence-electron chi connectivity index (χ0n) is 16.9. The molecule has 1 aromatic heterocycles. The molecule has 0 saturated carbocycles. The van der Waals surface area contributed by atoms with Crippen molar-refractivity contribution in [2.24, 2.45) is 0 Å². The summed E-state index contributed by atoms with van der Waals surface area (Å²) in [6.07, 6.45) is 0. The van der Waals surface area contributed by atoms with E-state index in [2.05, 4.69) is 26.5 Å². The fraction of sp³-hybridized carbons (Fsp3) is 0.238. The lowest BCUT2D eigenvalue weighted by atomic mass is 10.1. The Labute approximate surface area is 178 Å².